The molecule has 2 aromatic rings. The van der Waals surface area contributed by atoms with Crippen LogP contribution in [0.15, 0.2) is 42.6 Å². The summed E-state index contributed by atoms with van der Waals surface area (Å²) in [5.74, 6) is -0.0917. The molecule has 1 aromatic carbocycles. The Morgan fingerprint density at radius 3 is 2.71 bits per heavy atom. The Bertz CT molecular complexity index is 611. The molecule has 1 aromatic heterocycles. The van der Waals surface area contributed by atoms with E-state index in [1.807, 2.05) is 19.9 Å². The molecule has 5 heteroatoms. The molecule has 1 heterocycles. The van der Waals surface area contributed by atoms with Crippen LogP contribution in [-0.2, 0) is 11.2 Å². The molecule has 0 bridgehead atoms. The molecule has 0 aliphatic rings. The van der Waals surface area contributed by atoms with Gasteiger partial charge in [-0.1, -0.05) is 12.1 Å². The third kappa shape index (κ3) is 4.87. The maximum Gasteiger partial charge on any atom is 0.229 e. The molecule has 2 N–H and O–H groups in total. The topological polar surface area (TPSA) is 54.0 Å². The van der Waals surface area contributed by atoms with Gasteiger partial charge in [-0.15, -0.1) is 0 Å². The second-order valence-electron chi connectivity index (χ2n) is 5.09. The van der Waals surface area contributed by atoms with Crippen molar-refractivity contribution in [1.82, 2.24) is 4.98 Å². The average molecular weight is 287 g/mol. The standard InChI is InChI=1S/C16H18FN3O/c1-11(2)19-14-6-7-15(18-10-14)20-16(21)9-12-4-3-5-13(17)8-12/h3-8,10-11,19H,9H2,1-2H3,(H,18,20,21). The van der Waals surface area contributed by atoms with Gasteiger partial charge in [0.15, 0.2) is 0 Å². The largest absolute Gasteiger partial charge is 0.382 e. The second kappa shape index (κ2) is 6.83. The third-order valence-electron chi connectivity index (χ3n) is 2.74. The van der Waals surface area contributed by atoms with Gasteiger partial charge in [-0.3, -0.25) is 4.79 Å². The molecule has 0 saturated heterocycles. The van der Waals surface area contributed by atoms with Gasteiger partial charge in [0.2, 0.25) is 5.91 Å². The molecule has 0 saturated carbocycles. The van der Waals surface area contributed by atoms with Crippen LogP contribution in [0.2, 0.25) is 0 Å². The summed E-state index contributed by atoms with van der Waals surface area (Å²) in [6.45, 7) is 4.07. The Hall–Kier alpha value is -2.43. The molecule has 21 heavy (non-hydrogen) atoms. The highest BCUT2D eigenvalue weighted by Gasteiger charge is 2.06. The predicted octanol–water partition coefficient (Wildman–Crippen LogP) is 3.22. The summed E-state index contributed by atoms with van der Waals surface area (Å²) in [5.41, 5.74) is 1.53. The number of benzene rings is 1. The Balaban J connectivity index is 1.93. The molecule has 0 radical (unpaired) electrons. The molecule has 0 fully saturated rings. The van der Waals surface area contributed by atoms with Gasteiger partial charge in [0, 0.05) is 6.04 Å². The van der Waals surface area contributed by atoms with Gasteiger partial charge in [-0.2, -0.15) is 0 Å². The minimum Gasteiger partial charge on any atom is -0.382 e. The number of amides is 1. The summed E-state index contributed by atoms with van der Waals surface area (Å²) in [7, 11) is 0. The van der Waals surface area contributed by atoms with Crippen LogP contribution in [-0.4, -0.2) is 16.9 Å². The molecule has 0 aliphatic carbocycles. The number of carbonyl (C=O) groups excluding carboxylic acids is 1. The van der Waals surface area contributed by atoms with Crippen molar-refractivity contribution in [1.29, 1.82) is 0 Å². The van der Waals surface area contributed by atoms with E-state index in [2.05, 4.69) is 15.6 Å². The van der Waals surface area contributed by atoms with E-state index >= 15 is 0 Å². The van der Waals surface area contributed by atoms with E-state index in [-0.39, 0.29) is 18.1 Å². The number of aromatic nitrogens is 1. The van der Waals surface area contributed by atoms with Crippen molar-refractivity contribution in [3.05, 3.63) is 54.0 Å². The van der Waals surface area contributed by atoms with Crippen LogP contribution in [0.3, 0.4) is 0 Å². The molecule has 0 aliphatic heterocycles. The number of pyridine rings is 1. The number of nitrogens with zero attached hydrogens (tertiary/aromatic N) is 1. The van der Waals surface area contributed by atoms with E-state index in [0.29, 0.717) is 17.4 Å². The Labute approximate surface area is 123 Å². The minimum atomic E-state index is -0.345. The molecule has 0 atom stereocenters. The lowest BCUT2D eigenvalue weighted by Crippen LogP contribution is -2.15. The first-order valence-electron chi connectivity index (χ1n) is 6.80. The van der Waals surface area contributed by atoms with Crippen LogP contribution in [0.25, 0.3) is 0 Å². The van der Waals surface area contributed by atoms with Gasteiger partial charge in [0.1, 0.15) is 11.6 Å². The number of hydrogen-bond donors (Lipinski definition) is 2. The maximum atomic E-state index is 13.0. The molecule has 1 amide bonds. The fourth-order valence-electron chi connectivity index (χ4n) is 1.91. The zero-order valence-electron chi connectivity index (χ0n) is 12.1. The molecular formula is C16H18FN3O. The Morgan fingerprint density at radius 2 is 2.10 bits per heavy atom. The normalized spacial score (nSPS) is 10.5. The van der Waals surface area contributed by atoms with Crippen molar-refractivity contribution in [2.75, 3.05) is 10.6 Å². The predicted molar refractivity (Wildman–Crippen MR) is 81.7 cm³/mol. The highest BCUT2D eigenvalue weighted by Crippen LogP contribution is 2.11. The summed E-state index contributed by atoms with van der Waals surface area (Å²) in [6.07, 6.45) is 1.78. The fraction of sp³-hybridized carbons (Fsp3) is 0.250. The highest BCUT2D eigenvalue weighted by molar-refractivity contribution is 5.91. The summed E-state index contributed by atoms with van der Waals surface area (Å²) < 4.78 is 13.0. The molecule has 0 unspecified atom stereocenters. The lowest BCUT2D eigenvalue weighted by molar-refractivity contribution is -0.115. The SMILES string of the molecule is CC(C)Nc1ccc(NC(=O)Cc2cccc(F)c2)nc1. The van der Waals surface area contributed by atoms with Crippen molar-refractivity contribution in [3.63, 3.8) is 0 Å². The van der Waals surface area contributed by atoms with Crippen molar-refractivity contribution in [2.24, 2.45) is 0 Å². The second-order valence-corrected chi connectivity index (χ2v) is 5.09. The van der Waals surface area contributed by atoms with Crippen LogP contribution in [0.4, 0.5) is 15.9 Å². The monoisotopic (exact) mass is 287 g/mol. The zero-order chi connectivity index (χ0) is 15.2. The van der Waals surface area contributed by atoms with E-state index < -0.39 is 0 Å². The maximum absolute atomic E-state index is 13.0. The van der Waals surface area contributed by atoms with E-state index in [1.54, 1.807) is 24.4 Å². The Kier molecular flexibility index (Phi) is 4.87. The van der Waals surface area contributed by atoms with E-state index in [1.165, 1.54) is 12.1 Å². The van der Waals surface area contributed by atoms with Gasteiger partial charge in [-0.25, -0.2) is 9.37 Å². The van der Waals surface area contributed by atoms with Crippen molar-refractivity contribution in [2.45, 2.75) is 26.3 Å². The molecule has 0 spiro atoms. The van der Waals surface area contributed by atoms with Crippen LogP contribution in [0.5, 0.6) is 0 Å². The van der Waals surface area contributed by atoms with E-state index in [9.17, 15) is 9.18 Å². The van der Waals surface area contributed by atoms with Crippen molar-refractivity contribution in [3.8, 4) is 0 Å². The fourth-order valence-corrected chi connectivity index (χ4v) is 1.91. The van der Waals surface area contributed by atoms with Crippen LogP contribution in [0.1, 0.15) is 19.4 Å². The minimum absolute atomic E-state index is 0.117. The average Bonchev–Trinajstić information content (AvgIpc) is 2.40. The van der Waals surface area contributed by atoms with Crippen LogP contribution in [0, 0.1) is 5.82 Å². The summed E-state index contributed by atoms with van der Waals surface area (Å²) in [4.78, 5) is 16.0. The first-order valence-corrected chi connectivity index (χ1v) is 6.80. The summed E-state index contributed by atoms with van der Waals surface area (Å²) in [6, 6.07) is 9.90. The van der Waals surface area contributed by atoms with E-state index in [0.717, 1.165) is 5.69 Å². The highest BCUT2D eigenvalue weighted by atomic mass is 19.1. The smallest absolute Gasteiger partial charge is 0.229 e. The zero-order valence-corrected chi connectivity index (χ0v) is 12.1. The summed E-state index contributed by atoms with van der Waals surface area (Å²) in [5, 5.41) is 5.90. The third-order valence-corrected chi connectivity index (χ3v) is 2.74. The quantitative estimate of drug-likeness (QED) is 0.887. The number of hydrogen-bond acceptors (Lipinski definition) is 3. The van der Waals surface area contributed by atoms with Crippen LogP contribution >= 0.6 is 0 Å². The molecule has 4 nitrogen and oxygen atoms in total. The molecule has 110 valence electrons. The van der Waals surface area contributed by atoms with Gasteiger partial charge in [0.25, 0.3) is 0 Å². The van der Waals surface area contributed by atoms with Crippen molar-refractivity contribution < 1.29 is 9.18 Å². The Morgan fingerprint density at radius 1 is 1.29 bits per heavy atom. The van der Waals surface area contributed by atoms with Crippen molar-refractivity contribution >= 4 is 17.4 Å². The van der Waals surface area contributed by atoms with Crippen LogP contribution < -0.4 is 10.6 Å². The van der Waals surface area contributed by atoms with E-state index in [4.69, 9.17) is 0 Å². The number of halogens is 1. The lowest BCUT2D eigenvalue weighted by Gasteiger charge is -2.10. The number of rotatable bonds is 5. The summed E-state index contributed by atoms with van der Waals surface area (Å²) >= 11 is 0. The molecule has 2 rings (SSSR count). The number of anilines is 2. The number of nitrogens with one attached hydrogen (secondary N) is 2. The van der Waals surface area contributed by atoms with Gasteiger partial charge in [0.05, 0.1) is 18.3 Å². The van der Waals surface area contributed by atoms with Gasteiger partial charge in [-0.05, 0) is 43.7 Å². The first-order chi connectivity index (χ1) is 10.0. The van der Waals surface area contributed by atoms with Gasteiger partial charge < -0.3 is 10.6 Å². The first kappa shape index (κ1) is 15.0. The lowest BCUT2D eigenvalue weighted by atomic mass is 10.1. The number of carbonyl (C=O) groups is 1. The van der Waals surface area contributed by atoms with Gasteiger partial charge >= 0.3 is 0 Å². The molecular weight excluding hydrogens is 269 g/mol.